The van der Waals surface area contributed by atoms with E-state index >= 15 is 0 Å². The van der Waals surface area contributed by atoms with Crippen LogP contribution in [0.1, 0.15) is 10.4 Å². The smallest absolute Gasteiger partial charge is 0.223 e. The third-order valence-electron chi connectivity index (χ3n) is 2.11. The zero-order chi connectivity index (χ0) is 11.5. The van der Waals surface area contributed by atoms with Gasteiger partial charge in [0.15, 0.2) is 0 Å². The first-order valence-electron chi connectivity index (χ1n) is 4.72. The first-order chi connectivity index (χ1) is 7.65. The zero-order valence-corrected chi connectivity index (χ0v) is 10.3. The van der Waals surface area contributed by atoms with Crippen LogP contribution >= 0.6 is 22.9 Å². The minimum Gasteiger partial charge on any atom is -0.368 e. The molecule has 0 unspecified atom stereocenters. The third kappa shape index (κ3) is 2.62. The normalized spacial score (nSPS) is 10.4. The fraction of sp³-hybridized carbons (Fsp3) is 0.200. The average molecular weight is 255 g/mol. The minimum absolute atomic E-state index is 0.179. The van der Waals surface area contributed by atoms with Gasteiger partial charge < -0.3 is 11.1 Å². The monoisotopic (exact) mass is 254 g/mol. The minimum atomic E-state index is 0.179. The van der Waals surface area contributed by atoms with Gasteiger partial charge in [-0.1, -0.05) is 11.6 Å². The van der Waals surface area contributed by atoms with Crippen molar-refractivity contribution in [3.8, 4) is 0 Å². The molecule has 0 radical (unpaired) electrons. The maximum Gasteiger partial charge on any atom is 0.223 e. The number of rotatable bonds is 3. The molecule has 2 rings (SSSR count). The molecule has 0 aliphatic rings. The number of nitrogens with one attached hydrogen (secondary N) is 1. The summed E-state index contributed by atoms with van der Waals surface area (Å²) in [5.41, 5.74) is 6.76. The van der Waals surface area contributed by atoms with Crippen LogP contribution in [0.3, 0.4) is 0 Å². The van der Waals surface area contributed by atoms with Crippen molar-refractivity contribution in [3.63, 3.8) is 0 Å². The third-order valence-corrected chi connectivity index (χ3v) is 3.33. The highest BCUT2D eigenvalue weighted by molar-refractivity contribution is 7.10. The van der Waals surface area contributed by atoms with Crippen molar-refractivity contribution in [3.05, 3.63) is 33.1 Å². The highest BCUT2D eigenvalue weighted by Crippen LogP contribution is 2.18. The number of halogens is 1. The Hall–Kier alpha value is -1.33. The summed E-state index contributed by atoms with van der Waals surface area (Å²) in [6.45, 7) is 2.80. The number of nitrogen functional groups attached to an aromatic ring is 1. The summed E-state index contributed by atoms with van der Waals surface area (Å²) in [6, 6.07) is 3.74. The van der Waals surface area contributed by atoms with Crippen LogP contribution in [0.2, 0.25) is 5.15 Å². The number of nitrogens with zero attached hydrogens (tertiary/aromatic N) is 2. The van der Waals surface area contributed by atoms with Gasteiger partial charge in [0.25, 0.3) is 0 Å². The second-order valence-corrected chi connectivity index (χ2v) is 4.70. The Labute approximate surface area is 102 Å². The molecule has 3 N–H and O–H groups in total. The van der Waals surface area contributed by atoms with Gasteiger partial charge in [-0.05, 0) is 23.9 Å². The van der Waals surface area contributed by atoms with Gasteiger partial charge in [0.05, 0.1) is 6.54 Å². The highest BCUT2D eigenvalue weighted by atomic mass is 35.5. The SMILES string of the molecule is Cc1ccsc1CNc1cc(Cl)nc(N)n1. The molecule has 0 atom stereocenters. The second-order valence-electron chi connectivity index (χ2n) is 3.31. The number of aromatic nitrogens is 2. The number of hydrogen-bond acceptors (Lipinski definition) is 5. The summed E-state index contributed by atoms with van der Waals surface area (Å²) in [4.78, 5) is 9.10. The first-order valence-corrected chi connectivity index (χ1v) is 5.98. The van der Waals surface area contributed by atoms with Crippen molar-refractivity contribution in [2.75, 3.05) is 11.1 Å². The van der Waals surface area contributed by atoms with Crippen LogP contribution in [0.5, 0.6) is 0 Å². The topological polar surface area (TPSA) is 63.8 Å². The number of thiophene rings is 1. The van der Waals surface area contributed by atoms with Gasteiger partial charge in [0, 0.05) is 10.9 Å². The maximum atomic E-state index is 5.77. The van der Waals surface area contributed by atoms with Crippen molar-refractivity contribution >= 4 is 34.7 Å². The summed E-state index contributed by atoms with van der Waals surface area (Å²) < 4.78 is 0. The Bertz CT molecular complexity index is 477. The van der Waals surface area contributed by atoms with Crippen LogP contribution in [-0.4, -0.2) is 9.97 Å². The summed E-state index contributed by atoms with van der Waals surface area (Å²) in [6.07, 6.45) is 0. The highest BCUT2D eigenvalue weighted by Gasteiger charge is 2.02. The van der Waals surface area contributed by atoms with E-state index in [1.54, 1.807) is 17.4 Å². The van der Waals surface area contributed by atoms with Gasteiger partial charge in [-0.25, -0.2) is 4.98 Å². The van der Waals surface area contributed by atoms with Crippen molar-refractivity contribution < 1.29 is 0 Å². The van der Waals surface area contributed by atoms with Crippen LogP contribution in [0.4, 0.5) is 11.8 Å². The number of nitrogens with two attached hydrogens (primary N) is 1. The van der Waals surface area contributed by atoms with Gasteiger partial charge in [0.2, 0.25) is 5.95 Å². The zero-order valence-electron chi connectivity index (χ0n) is 8.70. The Kier molecular flexibility index (Phi) is 3.26. The molecule has 0 fully saturated rings. The van der Waals surface area contributed by atoms with Crippen LogP contribution < -0.4 is 11.1 Å². The predicted octanol–water partition coefficient (Wildman–Crippen LogP) is 2.69. The lowest BCUT2D eigenvalue weighted by molar-refractivity contribution is 1.10. The Morgan fingerprint density at radius 1 is 1.50 bits per heavy atom. The summed E-state index contributed by atoms with van der Waals surface area (Å²) in [5.74, 6) is 0.822. The van der Waals surface area contributed by atoms with E-state index in [0.29, 0.717) is 11.0 Å². The van der Waals surface area contributed by atoms with Gasteiger partial charge in [0.1, 0.15) is 11.0 Å². The molecule has 6 heteroatoms. The van der Waals surface area contributed by atoms with E-state index < -0.39 is 0 Å². The molecule has 0 amide bonds. The molecule has 16 heavy (non-hydrogen) atoms. The van der Waals surface area contributed by atoms with E-state index in [0.717, 1.165) is 6.54 Å². The lowest BCUT2D eigenvalue weighted by Crippen LogP contribution is -2.04. The maximum absolute atomic E-state index is 5.77. The van der Waals surface area contributed by atoms with Gasteiger partial charge >= 0.3 is 0 Å². The molecule has 0 aromatic carbocycles. The van der Waals surface area contributed by atoms with E-state index in [-0.39, 0.29) is 5.95 Å². The number of anilines is 2. The van der Waals surface area contributed by atoms with Crippen molar-refractivity contribution in [1.82, 2.24) is 9.97 Å². The fourth-order valence-corrected chi connectivity index (χ4v) is 2.32. The van der Waals surface area contributed by atoms with Gasteiger partial charge in [-0.3, -0.25) is 0 Å². The van der Waals surface area contributed by atoms with E-state index in [1.165, 1.54) is 10.4 Å². The Morgan fingerprint density at radius 3 is 2.94 bits per heavy atom. The van der Waals surface area contributed by atoms with E-state index in [2.05, 4.69) is 33.7 Å². The largest absolute Gasteiger partial charge is 0.368 e. The lowest BCUT2D eigenvalue weighted by atomic mass is 10.3. The molecular weight excluding hydrogens is 244 g/mol. The molecular formula is C10H11ClN4S. The lowest BCUT2D eigenvalue weighted by Gasteiger charge is -2.05. The molecule has 0 saturated carbocycles. The molecule has 2 aromatic rings. The van der Waals surface area contributed by atoms with Crippen molar-refractivity contribution in [2.45, 2.75) is 13.5 Å². The number of hydrogen-bond donors (Lipinski definition) is 2. The van der Waals surface area contributed by atoms with Crippen LogP contribution in [0.25, 0.3) is 0 Å². The summed E-state index contributed by atoms with van der Waals surface area (Å²) in [5, 5.41) is 5.57. The first kappa shape index (κ1) is 11.2. The van der Waals surface area contributed by atoms with Crippen LogP contribution in [0, 0.1) is 6.92 Å². The van der Waals surface area contributed by atoms with Gasteiger partial charge in [-0.15, -0.1) is 11.3 Å². The quantitative estimate of drug-likeness (QED) is 0.827. The standard InChI is InChI=1S/C10H11ClN4S/c1-6-2-3-16-7(6)5-13-9-4-8(11)14-10(12)15-9/h2-4H,5H2,1H3,(H3,12,13,14,15). The molecule has 0 aliphatic carbocycles. The fourth-order valence-electron chi connectivity index (χ4n) is 1.28. The van der Waals surface area contributed by atoms with E-state index in [4.69, 9.17) is 17.3 Å². The van der Waals surface area contributed by atoms with Crippen molar-refractivity contribution in [1.29, 1.82) is 0 Å². The molecule has 0 spiro atoms. The predicted molar refractivity (Wildman–Crippen MR) is 67.8 cm³/mol. The molecule has 4 nitrogen and oxygen atoms in total. The van der Waals surface area contributed by atoms with E-state index in [1.807, 2.05) is 0 Å². The Morgan fingerprint density at radius 2 is 2.31 bits per heavy atom. The molecule has 2 heterocycles. The molecule has 0 saturated heterocycles. The average Bonchev–Trinajstić information content (AvgIpc) is 2.59. The molecule has 84 valence electrons. The summed E-state index contributed by atoms with van der Waals surface area (Å²) in [7, 11) is 0. The van der Waals surface area contributed by atoms with Crippen molar-refractivity contribution in [2.24, 2.45) is 0 Å². The van der Waals surface area contributed by atoms with Gasteiger partial charge in [-0.2, -0.15) is 4.98 Å². The van der Waals surface area contributed by atoms with E-state index in [9.17, 15) is 0 Å². The van der Waals surface area contributed by atoms with Crippen LogP contribution in [-0.2, 0) is 6.54 Å². The molecule has 0 aliphatic heterocycles. The summed E-state index contributed by atoms with van der Waals surface area (Å²) >= 11 is 7.48. The number of aryl methyl sites for hydroxylation is 1. The van der Waals surface area contributed by atoms with Crippen LogP contribution in [0.15, 0.2) is 17.5 Å². The molecule has 0 bridgehead atoms. The molecule has 2 aromatic heterocycles. The second kappa shape index (κ2) is 4.67. The Balaban J connectivity index is 2.07.